The molecule has 3 amide bonds. The maximum Gasteiger partial charge on any atom is 0.249 e. The standard InChI is InChI=1S/C41H56N8O4/c1-41(2,53)32-21-33-29(20-34(32)42-39(51)27-10-11-27)24-49(44-33)31-12-8-26(9-13-31)22-45(3)30-16-18-47(19-17-30)23-28-6-5-7-35-38(28)46(4)25-48(35)36-14-15-37(50)43-40(36)52/h5-7,20-21,24,26-27,30-31,36,53H,8-19,22-23,25H2,1-4H3,(H,42,51)(H,43,50,52). The lowest BCUT2D eigenvalue weighted by molar-refractivity contribution is -0.134. The first-order valence-electron chi connectivity index (χ1n) is 19.8. The number of piperidine rings is 2. The predicted molar refractivity (Wildman–Crippen MR) is 207 cm³/mol. The Kier molecular flexibility index (Phi) is 9.74. The second-order valence-corrected chi connectivity index (χ2v) is 17.1. The number of hydrogen-bond donors (Lipinski definition) is 3. The van der Waals surface area contributed by atoms with Gasteiger partial charge in [-0.15, -0.1) is 0 Å². The number of aromatic nitrogens is 2. The van der Waals surface area contributed by atoms with E-state index in [0.29, 0.717) is 48.8 Å². The lowest BCUT2D eigenvalue weighted by Crippen LogP contribution is -2.53. The molecular weight excluding hydrogens is 669 g/mol. The van der Waals surface area contributed by atoms with Gasteiger partial charge in [-0.25, -0.2) is 0 Å². The lowest BCUT2D eigenvalue weighted by Gasteiger charge is -2.39. The second kappa shape index (κ2) is 14.3. The molecule has 5 aliphatic rings. The Labute approximate surface area is 312 Å². The van der Waals surface area contributed by atoms with Crippen molar-refractivity contribution in [3.8, 4) is 0 Å². The minimum Gasteiger partial charge on any atom is -0.386 e. The molecule has 53 heavy (non-hydrogen) atoms. The smallest absolute Gasteiger partial charge is 0.249 e. The molecule has 0 spiro atoms. The van der Waals surface area contributed by atoms with Gasteiger partial charge in [0.05, 0.1) is 35.2 Å². The summed E-state index contributed by atoms with van der Waals surface area (Å²) in [6.45, 7) is 8.34. The summed E-state index contributed by atoms with van der Waals surface area (Å²) >= 11 is 0. The van der Waals surface area contributed by atoms with Crippen molar-refractivity contribution in [1.29, 1.82) is 0 Å². The van der Waals surface area contributed by atoms with E-state index >= 15 is 0 Å². The largest absolute Gasteiger partial charge is 0.386 e. The van der Waals surface area contributed by atoms with Crippen LogP contribution in [0.15, 0.2) is 36.5 Å². The number of amides is 3. The van der Waals surface area contributed by atoms with E-state index in [9.17, 15) is 19.5 Å². The zero-order valence-corrected chi connectivity index (χ0v) is 31.8. The number of benzene rings is 2. The quantitative estimate of drug-likeness (QED) is 0.249. The van der Waals surface area contributed by atoms with Gasteiger partial charge in [0, 0.05) is 61.4 Å². The molecule has 0 bridgehead atoms. The van der Waals surface area contributed by atoms with Crippen LogP contribution < -0.4 is 20.4 Å². The van der Waals surface area contributed by atoms with Crippen LogP contribution in [0.1, 0.15) is 95.2 Å². The molecule has 2 saturated carbocycles. The summed E-state index contributed by atoms with van der Waals surface area (Å²) in [5.74, 6) is 0.452. The number of carbonyl (C=O) groups is 3. The SMILES string of the molecule is CN1CN(C2CCC(=O)NC2=O)c2cccc(CN3CCC(N(C)CC4CCC(n5cc6cc(NC(=O)C7CC7)c(C(C)(C)O)cc6n5)CC4)CC3)c21. The third-order valence-corrected chi connectivity index (χ3v) is 12.6. The first-order valence-corrected chi connectivity index (χ1v) is 19.8. The first kappa shape index (κ1) is 36.0. The second-order valence-electron chi connectivity index (χ2n) is 17.1. The number of carbonyl (C=O) groups excluding carboxylic acids is 3. The molecule has 3 aliphatic heterocycles. The van der Waals surface area contributed by atoms with Crippen LogP contribution in [0, 0.1) is 11.8 Å². The van der Waals surface area contributed by atoms with Crippen LogP contribution in [0.3, 0.4) is 0 Å². The van der Waals surface area contributed by atoms with Crippen LogP contribution in [0.5, 0.6) is 0 Å². The van der Waals surface area contributed by atoms with Gasteiger partial charge in [-0.2, -0.15) is 5.10 Å². The lowest BCUT2D eigenvalue weighted by atomic mass is 9.85. The van der Waals surface area contributed by atoms with Crippen molar-refractivity contribution in [1.82, 2.24) is 24.9 Å². The zero-order chi connectivity index (χ0) is 37.0. The van der Waals surface area contributed by atoms with Crippen LogP contribution >= 0.6 is 0 Å². The zero-order valence-electron chi connectivity index (χ0n) is 31.8. The molecule has 284 valence electrons. The van der Waals surface area contributed by atoms with Crippen molar-refractivity contribution < 1.29 is 19.5 Å². The third-order valence-electron chi connectivity index (χ3n) is 12.6. The molecule has 8 rings (SSSR count). The monoisotopic (exact) mass is 724 g/mol. The molecule has 3 N–H and O–H groups in total. The van der Waals surface area contributed by atoms with Crippen LogP contribution in [0.2, 0.25) is 0 Å². The van der Waals surface area contributed by atoms with Crippen molar-refractivity contribution in [3.63, 3.8) is 0 Å². The fourth-order valence-corrected chi connectivity index (χ4v) is 9.37. The number of para-hydroxylation sites is 1. The Bertz CT molecular complexity index is 1860. The first-order chi connectivity index (χ1) is 25.4. The van der Waals surface area contributed by atoms with Gasteiger partial charge < -0.3 is 25.1 Å². The van der Waals surface area contributed by atoms with Crippen LogP contribution in [0.25, 0.3) is 10.9 Å². The van der Waals surface area contributed by atoms with Gasteiger partial charge in [-0.05, 0) is 121 Å². The van der Waals surface area contributed by atoms with E-state index in [0.717, 1.165) is 81.3 Å². The molecule has 12 heteroatoms. The molecule has 2 aromatic carbocycles. The maximum atomic E-state index is 12.7. The Morgan fingerprint density at radius 3 is 2.49 bits per heavy atom. The average molecular weight is 725 g/mol. The molecule has 12 nitrogen and oxygen atoms in total. The minimum absolute atomic E-state index is 0.0424. The Balaban J connectivity index is 0.830. The van der Waals surface area contributed by atoms with E-state index in [1.807, 2.05) is 12.1 Å². The number of fused-ring (bicyclic) bond motifs is 2. The molecule has 4 heterocycles. The molecule has 2 saturated heterocycles. The molecule has 4 fully saturated rings. The van der Waals surface area contributed by atoms with Crippen molar-refractivity contribution in [2.45, 2.75) is 108 Å². The van der Waals surface area contributed by atoms with Gasteiger partial charge in [0.25, 0.3) is 0 Å². The van der Waals surface area contributed by atoms with Crippen LogP contribution in [0.4, 0.5) is 17.1 Å². The molecule has 2 aliphatic carbocycles. The van der Waals surface area contributed by atoms with E-state index in [2.05, 4.69) is 73.4 Å². The number of nitrogens with zero attached hydrogens (tertiary/aromatic N) is 6. The summed E-state index contributed by atoms with van der Waals surface area (Å²) in [6, 6.07) is 11.0. The van der Waals surface area contributed by atoms with Gasteiger partial charge >= 0.3 is 0 Å². The highest BCUT2D eigenvalue weighted by atomic mass is 16.3. The molecule has 0 radical (unpaired) electrons. The van der Waals surface area contributed by atoms with Crippen molar-refractivity contribution in [2.24, 2.45) is 11.8 Å². The predicted octanol–water partition coefficient (Wildman–Crippen LogP) is 4.96. The number of anilines is 3. The summed E-state index contributed by atoms with van der Waals surface area (Å²) in [7, 11) is 4.41. The topological polar surface area (TPSA) is 126 Å². The average Bonchev–Trinajstić information content (AvgIpc) is 3.82. The van der Waals surface area contributed by atoms with Crippen LogP contribution in [-0.2, 0) is 26.5 Å². The van der Waals surface area contributed by atoms with Crippen molar-refractivity contribution >= 4 is 45.7 Å². The molecule has 1 unspecified atom stereocenters. The number of likely N-dealkylation sites (tertiary alicyclic amines) is 1. The van der Waals surface area contributed by atoms with Crippen molar-refractivity contribution in [3.05, 3.63) is 47.7 Å². The molecule has 3 aromatic rings. The van der Waals surface area contributed by atoms with E-state index in [1.54, 1.807) is 13.8 Å². The van der Waals surface area contributed by atoms with Gasteiger partial charge in [0.15, 0.2) is 0 Å². The Morgan fingerprint density at radius 2 is 1.79 bits per heavy atom. The summed E-state index contributed by atoms with van der Waals surface area (Å²) in [5.41, 5.74) is 4.76. The highest BCUT2D eigenvalue weighted by molar-refractivity contribution is 6.02. The Hall–Kier alpha value is -4.00. The minimum atomic E-state index is -1.09. The maximum absolute atomic E-state index is 12.7. The Morgan fingerprint density at radius 1 is 1.04 bits per heavy atom. The van der Waals surface area contributed by atoms with E-state index < -0.39 is 5.60 Å². The van der Waals surface area contributed by atoms with Gasteiger partial charge in [-0.1, -0.05) is 12.1 Å². The van der Waals surface area contributed by atoms with Crippen LogP contribution in [-0.4, -0.2) is 94.9 Å². The fraction of sp³-hybridized carbons (Fsp3) is 0.610. The van der Waals surface area contributed by atoms with E-state index in [4.69, 9.17) is 5.10 Å². The number of rotatable bonds is 10. The van der Waals surface area contributed by atoms with Gasteiger partial charge in [-0.3, -0.25) is 29.3 Å². The molecular formula is C41H56N8O4. The third kappa shape index (κ3) is 7.55. The number of aliphatic hydroxyl groups is 1. The van der Waals surface area contributed by atoms with Crippen molar-refractivity contribution in [2.75, 3.05) is 55.5 Å². The summed E-state index contributed by atoms with van der Waals surface area (Å²) in [5, 5.41) is 22.5. The normalized spacial score (nSPS) is 24.6. The summed E-state index contributed by atoms with van der Waals surface area (Å²) in [6.07, 6.45) is 11.8. The number of imide groups is 1. The van der Waals surface area contributed by atoms with E-state index in [1.165, 1.54) is 24.1 Å². The number of hydrogen-bond acceptors (Lipinski definition) is 9. The summed E-state index contributed by atoms with van der Waals surface area (Å²) in [4.78, 5) is 46.7. The highest BCUT2D eigenvalue weighted by Crippen LogP contribution is 2.41. The van der Waals surface area contributed by atoms with Gasteiger partial charge in [0.1, 0.15) is 6.04 Å². The van der Waals surface area contributed by atoms with Gasteiger partial charge in [0.2, 0.25) is 17.7 Å². The molecule has 1 aromatic heterocycles. The molecule has 1 atom stereocenters. The highest BCUT2D eigenvalue weighted by Gasteiger charge is 2.38. The fourth-order valence-electron chi connectivity index (χ4n) is 9.37. The number of nitrogens with one attached hydrogen (secondary N) is 2. The summed E-state index contributed by atoms with van der Waals surface area (Å²) < 4.78 is 2.13. The van der Waals surface area contributed by atoms with E-state index in [-0.39, 0.29) is 29.7 Å².